The Morgan fingerprint density at radius 3 is 2.96 bits per heavy atom. The van der Waals surface area contributed by atoms with Gasteiger partial charge in [0.1, 0.15) is 11.5 Å². The second kappa shape index (κ2) is 9.82. The summed E-state index contributed by atoms with van der Waals surface area (Å²) in [5, 5.41) is 6.50. The lowest BCUT2D eigenvalue weighted by atomic mass is 10.2. The quantitative estimate of drug-likeness (QED) is 0.410. The zero-order valence-corrected chi connectivity index (χ0v) is 15.3. The molecule has 1 aromatic heterocycles. The van der Waals surface area contributed by atoms with Crippen LogP contribution >= 0.6 is 15.9 Å². The first-order valence-electron chi connectivity index (χ1n) is 7.71. The van der Waals surface area contributed by atoms with Gasteiger partial charge in [0.25, 0.3) is 0 Å². The maximum Gasteiger partial charge on any atom is 0.191 e. The fraction of sp³-hybridized carbons (Fsp3) is 0.278. The van der Waals surface area contributed by atoms with Gasteiger partial charge in [0.2, 0.25) is 0 Å². The first-order valence-corrected chi connectivity index (χ1v) is 8.50. The molecule has 0 spiro atoms. The number of guanidine groups is 1. The number of hydrogen-bond acceptors (Lipinski definition) is 3. The van der Waals surface area contributed by atoms with Crippen molar-refractivity contribution in [3.63, 3.8) is 0 Å². The topological polar surface area (TPSA) is 58.8 Å². The third-order valence-electron chi connectivity index (χ3n) is 3.31. The second-order valence-electron chi connectivity index (χ2n) is 5.05. The summed E-state index contributed by atoms with van der Waals surface area (Å²) < 4.78 is 11.7. The van der Waals surface area contributed by atoms with Crippen LogP contribution in [0.3, 0.4) is 0 Å². The van der Waals surface area contributed by atoms with E-state index in [0.717, 1.165) is 40.5 Å². The molecule has 0 aliphatic heterocycles. The molecule has 0 unspecified atom stereocenters. The normalized spacial score (nSPS) is 11.2. The minimum atomic E-state index is 0.510. The number of nitrogens with one attached hydrogen (secondary N) is 2. The summed E-state index contributed by atoms with van der Waals surface area (Å²) in [7, 11) is 1.66. The Kier molecular flexibility index (Phi) is 7.42. The second-order valence-corrected chi connectivity index (χ2v) is 5.96. The van der Waals surface area contributed by atoms with Gasteiger partial charge in [-0.15, -0.1) is 6.58 Å². The van der Waals surface area contributed by atoms with E-state index in [4.69, 9.17) is 9.15 Å². The fourth-order valence-electron chi connectivity index (χ4n) is 2.14. The van der Waals surface area contributed by atoms with Crippen LogP contribution in [0.5, 0.6) is 5.75 Å². The van der Waals surface area contributed by atoms with E-state index in [1.54, 1.807) is 19.4 Å². The Labute approximate surface area is 150 Å². The van der Waals surface area contributed by atoms with Crippen molar-refractivity contribution in [2.75, 3.05) is 20.2 Å². The first kappa shape index (κ1) is 18.1. The van der Waals surface area contributed by atoms with E-state index in [1.165, 1.54) is 0 Å². The van der Waals surface area contributed by atoms with Crippen LogP contribution in [0.25, 0.3) is 0 Å². The molecule has 0 radical (unpaired) electrons. The van der Waals surface area contributed by atoms with Crippen molar-refractivity contribution in [3.8, 4) is 5.75 Å². The van der Waals surface area contributed by atoms with E-state index < -0.39 is 0 Å². The molecule has 128 valence electrons. The standard InChI is InChI=1S/C18H22BrN3O2/c1-3-9-20-18(21-10-8-16-5-4-11-24-16)22-13-14-12-15(19)6-7-17(14)23-2/h3-7,11-12H,1,8-10,13H2,2H3,(H2,20,21,22). The average molecular weight is 392 g/mol. The Balaban J connectivity index is 1.99. The van der Waals surface area contributed by atoms with Crippen LogP contribution in [0.1, 0.15) is 11.3 Å². The van der Waals surface area contributed by atoms with Crippen molar-refractivity contribution in [2.45, 2.75) is 13.0 Å². The van der Waals surface area contributed by atoms with Crippen molar-refractivity contribution >= 4 is 21.9 Å². The lowest BCUT2D eigenvalue weighted by Crippen LogP contribution is -2.38. The van der Waals surface area contributed by atoms with Crippen LogP contribution < -0.4 is 15.4 Å². The number of benzene rings is 1. The van der Waals surface area contributed by atoms with Gasteiger partial charge in [-0.1, -0.05) is 22.0 Å². The molecule has 5 nitrogen and oxygen atoms in total. The molecule has 1 aromatic carbocycles. The molecule has 2 rings (SSSR count). The summed E-state index contributed by atoms with van der Waals surface area (Å²) in [5.74, 6) is 2.49. The summed E-state index contributed by atoms with van der Waals surface area (Å²) in [4.78, 5) is 4.62. The van der Waals surface area contributed by atoms with Gasteiger partial charge in [0.05, 0.1) is 19.9 Å². The fourth-order valence-corrected chi connectivity index (χ4v) is 2.55. The highest BCUT2D eigenvalue weighted by Gasteiger charge is 2.05. The highest BCUT2D eigenvalue weighted by Crippen LogP contribution is 2.23. The average Bonchev–Trinajstić information content (AvgIpc) is 3.10. The molecule has 0 fully saturated rings. The van der Waals surface area contributed by atoms with E-state index >= 15 is 0 Å². The SMILES string of the molecule is C=CCNC(=NCc1cc(Br)ccc1OC)NCCc1ccco1. The molecule has 0 saturated carbocycles. The number of aliphatic imine (C=N–C) groups is 1. The number of rotatable bonds is 8. The molecule has 0 atom stereocenters. The van der Waals surface area contributed by atoms with E-state index in [2.05, 4.69) is 38.1 Å². The summed E-state index contributed by atoms with van der Waals surface area (Å²) in [6.07, 6.45) is 4.27. The van der Waals surface area contributed by atoms with Crippen LogP contribution in [-0.2, 0) is 13.0 Å². The van der Waals surface area contributed by atoms with E-state index in [0.29, 0.717) is 13.1 Å². The number of hydrogen-bond donors (Lipinski definition) is 2. The minimum Gasteiger partial charge on any atom is -0.496 e. The third kappa shape index (κ3) is 5.77. The Morgan fingerprint density at radius 2 is 2.25 bits per heavy atom. The van der Waals surface area contributed by atoms with Gasteiger partial charge in [-0.3, -0.25) is 0 Å². The summed E-state index contributed by atoms with van der Waals surface area (Å²) in [6, 6.07) is 9.73. The van der Waals surface area contributed by atoms with Crippen molar-refractivity contribution in [1.82, 2.24) is 10.6 Å². The molecule has 0 aliphatic carbocycles. The number of nitrogens with zero attached hydrogens (tertiary/aromatic N) is 1. The molecule has 0 aliphatic rings. The van der Waals surface area contributed by atoms with Gasteiger partial charge in [-0.05, 0) is 30.3 Å². The van der Waals surface area contributed by atoms with E-state index in [9.17, 15) is 0 Å². The van der Waals surface area contributed by atoms with Crippen LogP contribution in [0.2, 0.25) is 0 Å². The lowest BCUT2D eigenvalue weighted by molar-refractivity contribution is 0.409. The zero-order valence-electron chi connectivity index (χ0n) is 13.7. The number of halogens is 1. The van der Waals surface area contributed by atoms with Crippen LogP contribution in [0, 0.1) is 0 Å². The van der Waals surface area contributed by atoms with Gasteiger partial charge in [-0.2, -0.15) is 0 Å². The number of methoxy groups -OCH3 is 1. The van der Waals surface area contributed by atoms with Gasteiger partial charge in [0.15, 0.2) is 5.96 Å². The van der Waals surface area contributed by atoms with Crippen LogP contribution in [0.15, 0.2) is 63.1 Å². The van der Waals surface area contributed by atoms with Gasteiger partial charge >= 0.3 is 0 Å². The molecule has 1 heterocycles. The maximum absolute atomic E-state index is 5.38. The monoisotopic (exact) mass is 391 g/mol. The van der Waals surface area contributed by atoms with Gasteiger partial charge in [0, 0.05) is 29.5 Å². The minimum absolute atomic E-state index is 0.510. The molecule has 0 saturated heterocycles. The van der Waals surface area contributed by atoms with Gasteiger partial charge in [-0.25, -0.2) is 4.99 Å². The molecule has 2 aromatic rings. The molecular weight excluding hydrogens is 370 g/mol. The molecular formula is C18H22BrN3O2. The Morgan fingerprint density at radius 1 is 1.38 bits per heavy atom. The van der Waals surface area contributed by atoms with Crippen LogP contribution in [-0.4, -0.2) is 26.2 Å². The van der Waals surface area contributed by atoms with Crippen molar-refractivity contribution < 1.29 is 9.15 Å². The largest absolute Gasteiger partial charge is 0.496 e. The summed E-state index contributed by atoms with van der Waals surface area (Å²) in [5.41, 5.74) is 1.01. The molecule has 24 heavy (non-hydrogen) atoms. The van der Waals surface area contributed by atoms with Crippen molar-refractivity contribution in [3.05, 3.63) is 65.0 Å². The Hall–Kier alpha value is -2.21. The zero-order chi connectivity index (χ0) is 17.2. The summed E-state index contributed by atoms with van der Waals surface area (Å²) >= 11 is 3.48. The predicted octanol–water partition coefficient (Wildman–Crippen LogP) is 3.51. The van der Waals surface area contributed by atoms with Gasteiger partial charge < -0.3 is 19.8 Å². The molecule has 2 N–H and O–H groups in total. The van der Waals surface area contributed by atoms with E-state index in [1.807, 2.05) is 30.3 Å². The maximum atomic E-state index is 5.38. The highest BCUT2D eigenvalue weighted by atomic mass is 79.9. The number of ether oxygens (including phenoxy) is 1. The predicted molar refractivity (Wildman–Crippen MR) is 100 cm³/mol. The Bertz CT molecular complexity index is 669. The van der Waals surface area contributed by atoms with E-state index in [-0.39, 0.29) is 0 Å². The summed E-state index contributed by atoms with van der Waals surface area (Å²) in [6.45, 7) is 5.60. The highest BCUT2D eigenvalue weighted by molar-refractivity contribution is 9.10. The molecule has 0 amide bonds. The van der Waals surface area contributed by atoms with Crippen molar-refractivity contribution in [1.29, 1.82) is 0 Å². The van der Waals surface area contributed by atoms with Crippen LogP contribution in [0.4, 0.5) is 0 Å². The third-order valence-corrected chi connectivity index (χ3v) is 3.80. The lowest BCUT2D eigenvalue weighted by Gasteiger charge is -2.12. The number of furan rings is 1. The van der Waals surface area contributed by atoms with Crippen molar-refractivity contribution in [2.24, 2.45) is 4.99 Å². The molecule has 0 bridgehead atoms. The first-order chi connectivity index (χ1) is 11.7. The molecule has 6 heteroatoms. The smallest absolute Gasteiger partial charge is 0.191 e.